The van der Waals surface area contributed by atoms with Crippen molar-refractivity contribution in [3.63, 3.8) is 0 Å². The van der Waals surface area contributed by atoms with Crippen LogP contribution in [0.15, 0.2) is 0 Å². The predicted molar refractivity (Wildman–Crippen MR) is 4.85 cm³/mol. The summed E-state index contributed by atoms with van der Waals surface area (Å²) < 4.78 is 0. The Bertz CT molecular complexity index is 6.85. The summed E-state index contributed by atoms with van der Waals surface area (Å²) in [5.74, 6) is 0. The number of hydrogen-bond acceptors (Lipinski definition) is 0. The molecule has 0 radical (unpaired) electrons. The number of rotatable bonds is 0. The van der Waals surface area contributed by atoms with Crippen molar-refractivity contribution < 1.29 is 62.8 Å². The Morgan fingerprint density at radius 1 is 0.600 bits per heavy atom. The minimum Gasteiger partial charge on any atom is -2.00 e. The molecule has 0 saturated carbocycles. The Kier molecular flexibility index (Phi) is 1110. The van der Waals surface area contributed by atoms with Gasteiger partial charge in [-0.3, -0.25) is 0 Å². The third-order valence-electron chi connectivity index (χ3n) is 0. The van der Waals surface area contributed by atoms with Gasteiger partial charge in [0.1, 0.15) is 0 Å². The van der Waals surface area contributed by atoms with E-state index in [4.69, 9.17) is 0 Å². The molecule has 0 aromatic rings. The maximum atomic E-state index is 0. The molecule has 0 heterocycles. The van der Waals surface area contributed by atoms with Crippen molar-refractivity contribution >= 4 is 0 Å². The first kappa shape index (κ1) is 99.7. The normalized spacial score (nSPS) is 0. The van der Waals surface area contributed by atoms with Crippen molar-refractivity contribution in [3.05, 3.63) is 0 Å². The van der Waals surface area contributed by atoms with Crippen LogP contribution in [0.3, 0.4) is 0 Å². The fraction of sp³-hybridized carbons (Fsp3) is 0. The standard InChI is InChI=1S/H2I.Nb.3O/h1H2;;;;/q+1;+5;3*-2. The molecule has 0 unspecified atom stereocenters. The molecule has 0 saturated heterocycles. The molecule has 0 fully saturated rings. The molecule has 0 amide bonds. The zero-order valence-electron chi connectivity index (χ0n) is 2.12. The summed E-state index contributed by atoms with van der Waals surface area (Å²) in [5, 5.41) is 0. The quantitative estimate of drug-likeness (QED) is 0.318. The minimum atomic E-state index is 0. The SMILES string of the molecule is [IH2+].[Nb+5].[O-2].[O-2].[O-2]. The summed E-state index contributed by atoms with van der Waals surface area (Å²) in [4.78, 5) is 0. The first-order valence-electron chi connectivity index (χ1n) is 0. The second-order valence-electron chi connectivity index (χ2n) is 0. The van der Waals surface area contributed by atoms with Crippen LogP contribution in [0.4, 0.5) is 0 Å². The van der Waals surface area contributed by atoms with Crippen LogP contribution < -0.4 is 24.0 Å². The molecule has 0 rings (SSSR count). The topological polar surface area (TPSA) is 85.5 Å². The number of halogens is 1. The Hall–Kier alpha value is 1.35. The van der Waals surface area contributed by atoms with Gasteiger partial charge in [-0.25, -0.2) is 0 Å². The Morgan fingerprint density at radius 3 is 0.600 bits per heavy atom. The van der Waals surface area contributed by atoms with Crippen LogP contribution in [0.1, 0.15) is 0 Å². The molecule has 0 bridgehead atoms. The van der Waals surface area contributed by atoms with E-state index < -0.39 is 0 Å². The second kappa shape index (κ2) is 55.5. The van der Waals surface area contributed by atoms with Gasteiger partial charge in [0.05, 0.1) is 0 Å². The molecule has 0 aromatic heterocycles. The van der Waals surface area contributed by atoms with Crippen LogP contribution in [0.2, 0.25) is 0 Å². The second-order valence-corrected chi connectivity index (χ2v) is 0. The fourth-order valence-electron chi connectivity index (χ4n) is 0. The van der Waals surface area contributed by atoms with E-state index in [-0.39, 0.29) is 62.8 Å². The van der Waals surface area contributed by atoms with E-state index in [0.29, 0.717) is 0 Å². The van der Waals surface area contributed by atoms with Crippen LogP contribution in [-0.2, 0) is 38.8 Å². The number of hydrogen-bond donors (Lipinski definition) is 0. The fourth-order valence-corrected chi connectivity index (χ4v) is 0. The van der Waals surface area contributed by atoms with Gasteiger partial charge in [-0.15, -0.1) is 0 Å². The summed E-state index contributed by atoms with van der Waals surface area (Å²) in [5.41, 5.74) is 0. The van der Waals surface area contributed by atoms with Crippen LogP contribution in [0.25, 0.3) is 0 Å². The van der Waals surface area contributed by atoms with E-state index in [9.17, 15) is 0 Å². The Morgan fingerprint density at radius 2 is 0.600 bits per heavy atom. The molecule has 0 N–H and O–H groups in total. The van der Waals surface area contributed by atoms with Crippen molar-refractivity contribution in [2.24, 2.45) is 0 Å². The minimum absolute atomic E-state index is 0. The molecule has 5 heteroatoms. The van der Waals surface area contributed by atoms with Crippen LogP contribution in [0, 0.1) is 0 Å². The summed E-state index contributed by atoms with van der Waals surface area (Å²) in [6.45, 7) is 0. The van der Waals surface area contributed by atoms with Crippen molar-refractivity contribution in [2.45, 2.75) is 0 Å². The Balaban J connectivity index is 0. The van der Waals surface area contributed by atoms with Gasteiger partial charge in [0.25, 0.3) is 0 Å². The van der Waals surface area contributed by atoms with Gasteiger partial charge in [-0.05, 0) is 0 Å². The van der Waals surface area contributed by atoms with Crippen molar-refractivity contribution in [3.8, 4) is 0 Å². The van der Waals surface area contributed by atoms with E-state index in [1.54, 1.807) is 0 Å². The van der Waals surface area contributed by atoms with Crippen molar-refractivity contribution in [1.82, 2.24) is 0 Å². The molecule has 0 atom stereocenters. The maximum Gasteiger partial charge on any atom is 5.00 e. The molecule has 0 aliphatic heterocycles. The molecule has 0 aliphatic carbocycles. The average Bonchev–Trinajstić information content (AvgIpc) is 0. The summed E-state index contributed by atoms with van der Waals surface area (Å²) in [6.07, 6.45) is 0. The van der Waals surface area contributed by atoms with Gasteiger partial charge >= 0.3 is 22.4 Å². The van der Waals surface area contributed by atoms with Gasteiger partial charge in [0.15, 0.2) is 0 Å². The van der Waals surface area contributed by atoms with Crippen molar-refractivity contribution in [2.75, 3.05) is 0 Å². The van der Waals surface area contributed by atoms with Gasteiger partial charge < -0.3 is 16.4 Å². The molecular formula is H2INbO3. The summed E-state index contributed by atoms with van der Waals surface area (Å²) >= 11 is 0. The Labute approximate surface area is 62.6 Å². The maximum absolute atomic E-state index is 0. The van der Waals surface area contributed by atoms with Gasteiger partial charge in [0, 0.05) is 0 Å². The molecule has 5 heavy (non-hydrogen) atoms. The summed E-state index contributed by atoms with van der Waals surface area (Å²) in [7, 11) is 0. The van der Waals surface area contributed by atoms with Gasteiger partial charge in [0.2, 0.25) is 24.0 Å². The summed E-state index contributed by atoms with van der Waals surface area (Å²) in [6, 6.07) is 0. The smallest absolute Gasteiger partial charge is 2.00 e. The first-order valence-corrected chi connectivity index (χ1v) is 0. The molecule has 32 valence electrons. The largest absolute Gasteiger partial charge is 5.00 e. The van der Waals surface area contributed by atoms with Gasteiger partial charge in [-0.2, -0.15) is 0 Å². The van der Waals surface area contributed by atoms with Gasteiger partial charge in [-0.1, -0.05) is 0 Å². The van der Waals surface area contributed by atoms with E-state index in [2.05, 4.69) is 0 Å². The van der Waals surface area contributed by atoms with E-state index >= 15 is 0 Å². The van der Waals surface area contributed by atoms with Crippen LogP contribution >= 0.6 is 0 Å². The molecule has 0 aromatic carbocycles. The monoisotopic (exact) mass is 270 g/mol. The van der Waals surface area contributed by atoms with Crippen LogP contribution in [-0.4, -0.2) is 0 Å². The van der Waals surface area contributed by atoms with Crippen molar-refractivity contribution in [1.29, 1.82) is 0 Å². The first-order chi connectivity index (χ1) is 0. The van der Waals surface area contributed by atoms with E-state index in [0.717, 1.165) is 0 Å². The molecule has 0 aliphatic rings. The van der Waals surface area contributed by atoms with Crippen LogP contribution in [0.5, 0.6) is 0 Å². The average molecular weight is 270 g/mol. The molecule has 0 spiro atoms. The van der Waals surface area contributed by atoms with E-state index in [1.807, 2.05) is 0 Å². The molecule has 3 nitrogen and oxygen atoms in total. The molecular weight excluding hydrogens is 268 g/mol. The van der Waals surface area contributed by atoms with E-state index in [1.165, 1.54) is 0 Å². The zero-order chi connectivity index (χ0) is 0. The predicted octanol–water partition coefficient (Wildman–Crippen LogP) is -3.89. The third-order valence-corrected chi connectivity index (χ3v) is 0. The third kappa shape index (κ3) is 32.9. The zero-order valence-corrected chi connectivity index (χ0v) is 6.87.